The number of aromatic nitrogens is 2. The van der Waals surface area contributed by atoms with Crippen LogP contribution in [-0.2, 0) is 6.54 Å². The Labute approximate surface area is 141 Å². The average molecular weight is 326 g/mol. The van der Waals surface area contributed by atoms with Gasteiger partial charge < -0.3 is 10.4 Å². The number of aromatic carboxylic acids is 1. The molecule has 1 unspecified atom stereocenters. The number of hydrogen-bond acceptors (Lipinski definition) is 5. The summed E-state index contributed by atoms with van der Waals surface area (Å²) < 4.78 is 0. The molecule has 0 radical (unpaired) electrons. The van der Waals surface area contributed by atoms with Crippen LogP contribution in [0.4, 0.5) is 5.82 Å². The van der Waals surface area contributed by atoms with Gasteiger partial charge in [-0.25, -0.2) is 14.8 Å². The maximum absolute atomic E-state index is 10.8. The summed E-state index contributed by atoms with van der Waals surface area (Å²) in [5.41, 5.74) is 1.32. The zero-order chi connectivity index (χ0) is 17.0. The molecule has 1 atom stereocenters. The predicted octanol–water partition coefficient (Wildman–Crippen LogP) is 2.64. The van der Waals surface area contributed by atoms with E-state index in [9.17, 15) is 4.79 Å². The Morgan fingerprint density at radius 3 is 2.75 bits per heavy atom. The first-order valence-corrected chi connectivity index (χ1v) is 8.15. The summed E-state index contributed by atoms with van der Waals surface area (Å²) in [7, 11) is 0. The zero-order valence-corrected chi connectivity index (χ0v) is 13.8. The van der Waals surface area contributed by atoms with Gasteiger partial charge in [-0.2, -0.15) is 0 Å². The Bertz CT molecular complexity index is 690. The second-order valence-corrected chi connectivity index (χ2v) is 6.45. The Morgan fingerprint density at radius 1 is 1.29 bits per heavy atom. The van der Waals surface area contributed by atoms with Crippen molar-refractivity contribution in [2.45, 2.75) is 31.8 Å². The van der Waals surface area contributed by atoms with Crippen LogP contribution >= 0.6 is 0 Å². The van der Waals surface area contributed by atoms with Crippen molar-refractivity contribution in [3.05, 3.63) is 54.0 Å². The highest BCUT2D eigenvalue weighted by Gasteiger charge is 2.36. The molecule has 1 saturated heterocycles. The number of anilines is 1. The van der Waals surface area contributed by atoms with E-state index in [1.807, 2.05) is 6.07 Å². The van der Waals surface area contributed by atoms with Crippen molar-refractivity contribution < 1.29 is 9.90 Å². The van der Waals surface area contributed by atoms with Crippen molar-refractivity contribution in [3.8, 4) is 0 Å². The lowest BCUT2D eigenvalue weighted by molar-refractivity contribution is 0.0690. The van der Waals surface area contributed by atoms with E-state index in [0.29, 0.717) is 5.82 Å². The van der Waals surface area contributed by atoms with E-state index in [1.54, 1.807) is 0 Å². The van der Waals surface area contributed by atoms with Crippen molar-refractivity contribution in [3.63, 3.8) is 0 Å². The van der Waals surface area contributed by atoms with Gasteiger partial charge >= 0.3 is 5.97 Å². The summed E-state index contributed by atoms with van der Waals surface area (Å²) in [6.07, 6.45) is 5.05. The van der Waals surface area contributed by atoms with Gasteiger partial charge in [0.1, 0.15) is 5.82 Å². The molecular formula is C18H22N4O2. The van der Waals surface area contributed by atoms with E-state index in [4.69, 9.17) is 5.11 Å². The molecule has 2 aromatic rings. The molecule has 0 spiro atoms. The quantitative estimate of drug-likeness (QED) is 0.850. The summed E-state index contributed by atoms with van der Waals surface area (Å²) in [6.45, 7) is 5.02. The fraction of sp³-hybridized carbons (Fsp3) is 0.389. The smallest absolute Gasteiger partial charge is 0.356 e. The highest BCUT2D eigenvalue weighted by atomic mass is 16.4. The van der Waals surface area contributed by atoms with Crippen LogP contribution < -0.4 is 5.32 Å². The molecule has 1 aromatic heterocycles. The van der Waals surface area contributed by atoms with Crippen LogP contribution in [0.1, 0.15) is 35.8 Å². The zero-order valence-electron chi connectivity index (χ0n) is 13.8. The Kier molecular flexibility index (Phi) is 4.76. The molecule has 1 fully saturated rings. The first kappa shape index (κ1) is 16.4. The van der Waals surface area contributed by atoms with Crippen LogP contribution in [0.3, 0.4) is 0 Å². The fourth-order valence-electron chi connectivity index (χ4n) is 3.16. The van der Waals surface area contributed by atoms with Gasteiger partial charge in [-0.3, -0.25) is 4.90 Å². The van der Waals surface area contributed by atoms with Gasteiger partial charge in [0.05, 0.1) is 12.4 Å². The first-order valence-electron chi connectivity index (χ1n) is 8.15. The lowest BCUT2D eigenvalue weighted by atomic mass is 9.98. The molecule has 0 bridgehead atoms. The standard InChI is InChI=1S/C18H22N4O2/c1-18(13-21-16-11-19-15(10-20-16)17(23)24)8-5-9-22(18)12-14-6-3-2-4-7-14/h2-4,6-7,10-11H,5,8-9,12-13H2,1H3,(H,20,21)(H,23,24). The molecule has 2 heterocycles. The van der Waals surface area contributed by atoms with Gasteiger partial charge in [-0.05, 0) is 31.9 Å². The molecule has 126 valence electrons. The van der Waals surface area contributed by atoms with Gasteiger partial charge in [0, 0.05) is 18.6 Å². The number of nitrogens with one attached hydrogen (secondary N) is 1. The third-order valence-corrected chi connectivity index (χ3v) is 4.64. The van der Waals surface area contributed by atoms with Crippen molar-refractivity contribution in [2.75, 3.05) is 18.4 Å². The number of benzene rings is 1. The van der Waals surface area contributed by atoms with E-state index in [2.05, 4.69) is 51.4 Å². The molecule has 2 N–H and O–H groups in total. The lowest BCUT2D eigenvalue weighted by Gasteiger charge is -2.35. The van der Waals surface area contributed by atoms with Crippen molar-refractivity contribution in [1.29, 1.82) is 0 Å². The van der Waals surface area contributed by atoms with E-state index >= 15 is 0 Å². The average Bonchev–Trinajstić information content (AvgIpc) is 2.95. The van der Waals surface area contributed by atoms with Gasteiger partial charge in [-0.1, -0.05) is 30.3 Å². The molecule has 1 aliphatic rings. The van der Waals surface area contributed by atoms with Gasteiger partial charge in [-0.15, -0.1) is 0 Å². The number of likely N-dealkylation sites (tertiary alicyclic amines) is 1. The molecular weight excluding hydrogens is 304 g/mol. The Balaban J connectivity index is 1.63. The summed E-state index contributed by atoms with van der Waals surface area (Å²) in [6, 6.07) is 10.5. The maximum atomic E-state index is 10.8. The van der Waals surface area contributed by atoms with Crippen LogP contribution in [0.15, 0.2) is 42.7 Å². The second-order valence-electron chi connectivity index (χ2n) is 6.45. The Hall–Kier alpha value is -2.47. The minimum absolute atomic E-state index is 0.0432. The highest BCUT2D eigenvalue weighted by molar-refractivity contribution is 5.84. The van der Waals surface area contributed by atoms with Gasteiger partial charge in [0.25, 0.3) is 0 Å². The SMILES string of the molecule is CC1(CNc2cnc(C(=O)O)cn2)CCCN1Cc1ccccc1. The number of carboxylic acid groups (broad SMARTS) is 1. The molecule has 3 rings (SSSR count). The van der Waals surface area contributed by atoms with Crippen LogP contribution in [-0.4, -0.2) is 44.6 Å². The molecule has 6 nitrogen and oxygen atoms in total. The van der Waals surface area contributed by atoms with E-state index in [0.717, 1.165) is 26.1 Å². The minimum atomic E-state index is -1.06. The van der Waals surface area contributed by atoms with Crippen molar-refractivity contribution in [2.24, 2.45) is 0 Å². The van der Waals surface area contributed by atoms with Gasteiger partial charge in [0.15, 0.2) is 5.69 Å². The first-order chi connectivity index (χ1) is 11.6. The van der Waals surface area contributed by atoms with Gasteiger partial charge in [0.2, 0.25) is 0 Å². The highest BCUT2D eigenvalue weighted by Crippen LogP contribution is 2.30. The Morgan fingerprint density at radius 2 is 2.08 bits per heavy atom. The number of nitrogens with zero attached hydrogens (tertiary/aromatic N) is 3. The van der Waals surface area contributed by atoms with E-state index in [1.165, 1.54) is 24.4 Å². The largest absolute Gasteiger partial charge is 0.476 e. The van der Waals surface area contributed by atoms with Crippen LogP contribution in [0.25, 0.3) is 0 Å². The second kappa shape index (κ2) is 6.97. The molecule has 24 heavy (non-hydrogen) atoms. The van der Waals surface area contributed by atoms with Crippen LogP contribution in [0.5, 0.6) is 0 Å². The van der Waals surface area contributed by atoms with E-state index in [-0.39, 0.29) is 11.2 Å². The number of rotatable bonds is 6. The summed E-state index contributed by atoms with van der Waals surface area (Å²) in [5.74, 6) is -0.460. The van der Waals surface area contributed by atoms with Crippen molar-refractivity contribution >= 4 is 11.8 Å². The molecule has 6 heteroatoms. The molecule has 0 saturated carbocycles. The normalized spacial score (nSPS) is 20.9. The summed E-state index contributed by atoms with van der Waals surface area (Å²) in [5, 5.41) is 12.2. The molecule has 1 aliphatic heterocycles. The fourth-order valence-corrected chi connectivity index (χ4v) is 3.16. The minimum Gasteiger partial charge on any atom is -0.476 e. The maximum Gasteiger partial charge on any atom is 0.356 e. The summed E-state index contributed by atoms with van der Waals surface area (Å²) in [4.78, 5) is 21.3. The summed E-state index contributed by atoms with van der Waals surface area (Å²) >= 11 is 0. The van der Waals surface area contributed by atoms with Crippen molar-refractivity contribution in [1.82, 2.24) is 14.9 Å². The monoisotopic (exact) mass is 326 g/mol. The van der Waals surface area contributed by atoms with Crippen LogP contribution in [0, 0.1) is 0 Å². The number of carbonyl (C=O) groups is 1. The van der Waals surface area contributed by atoms with Crippen LogP contribution in [0.2, 0.25) is 0 Å². The lowest BCUT2D eigenvalue weighted by Crippen LogP contribution is -2.46. The number of hydrogen-bond donors (Lipinski definition) is 2. The predicted molar refractivity (Wildman–Crippen MR) is 92.0 cm³/mol. The third kappa shape index (κ3) is 3.71. The molecule has 1 aromatic carbocycles. The molecule has 0 aliphatic carbocycles. The third-order valence-electron chi connectivity index (χ3n) is 4.64. The van der Waals surface area contributed by atoms with E-state index < -0.39 is 5.97 Å². The molecule has 0 amide bonds. The number of carboxylic acids is 1. The topological polar surface area (TPSA) is 78.3 Å².